The number of ether oxygens (including phenoxy) is 1. The van der Waals surface area contributed by atoms with Gasteiger partial charge in [0.05, 0.1) is 19.1 Å². The zero-order valence-corrected chi connectivity index (χ0v) is 11.7. The van der Waals surface area contributed by atoms with Gasteiger partial charge in [-0.2, -0.15) is 0 Å². The van der Waals surface area contributed by atoms with Crippen LogP contribution in [0.25, 0.3) is 0 Å². The van der Waals surface area contributed by atoms with Crippen molar-refractivity contribution in [1.82, 2.24) is 9.80 Å². The Bertz CT molecular complexity index is 423. The number of carbonyl (C=O) groups excluding carboxylic acids is 2. The molecule has 2 amide bonds. The van der Waals surface area contributed by atoms with E-state index in [1.807, 2.05) is 13.8 Å². The summed E-state index contributed by atoms with van der Waals surface area (Å²) in [7, 11) is 0. The van der Waals surface area contributed by atoms with Crippen molar-refractivity contribution in [3.63, 3.8) is 0 Å². The Morgan fingerprint density at radius 1 is 1.40 bits per heavy atom. The van der Waals surface area contributed by atoms with Crippen LogP contribution in [0, 0.1) is 5.92 Å². The molecule has 0 aliphatic carbocycles. The Hall–Kier alpha value is -1.63. The first-order valence-electron chi connectivity index (χ1n) is 6.82. The van der Waals surface area contributed by atoms with Crippen LogP contribution in [0.3, 0.4) is 0 Å². The van der Waals surface area contributed by atoms with Crippen LogP contribution >= 0.6 is 0 Å². The number of rotatable bonds is 3. The second-order valence-corrected chi connectivity index (χ2v) is 5.50. The summed E-state index contributed by atoms with van der Waals surface area (Å²) in [5.41, 5.74) is 0. The Labute approximate surface area is 117 Å². The van der Waals surface area contributed by atoms with Crippen LogP contribution in [0.2, 0.25) is 0 Å². The van der Waals surface area contributed by atoms with Crippen molar-refractivity contribution in [1.29, 1.82) is 0 Å². The SMILES string of the molecule is CC(C)N1C[C@@H](C(=O)N2CCOC[C@H]2C(=O)O)CC1=O. The van der Waals surface area contributed by atoms with Crippen LogP contribution in [0.4, 0.5) is 0 Å². The summed E-state index contributed by atoms with van der Waals surface area (Å²) in [5, 5.41) is 9.14. The number of carbonyl (C=O) groups is 3. The monoisotopic (exact) mass is 284 g/mol. The molecule has 2 atom stereocenters. The minimum Gasteiger partial charge on any atom is -0.480 e. The minimum absolute atomic E-state index is 0.00956. The van der Waals surface area contributed by atoms with Gasteiger partial charge in [-0.05, 0) is 13.8 Å². The zero-order chi connectivity index (χ0) is 14.9. The average Bonchev–Trinajstić information content (AvgIpc) is 2.80. The number of carboxylic acids is 1. The molecule has 112 valence electrons. The summed E-state index contributed by atoms with van der Waals surface area (Å²) in [6.07, 6.45) is 0.167. The average molecular weight is 284 g/mol. The van der Waals surface area contributed by atoms with Crippen LogP contribution in [-0.2, 0) is 19.1 Å². The van der Waals surface area contributed by atoms with E-state index < -0.39 is 17.9 Å². The van der Waals surface area contributed by atoms with Gasteiger partial charge in [-0.1, -0.05) is 0 Å². The number of likely N-dealkylation sites (tertiary alicyclic amines) is 1. The summed E-state index contributed by atoms with van der Waals surface area (Å²) in [6, 6.07) is -0.889. The lowest BCUT2D eigenvalue weighted by Crippen LogP contribution is -2.54. The van der Waals surface area contributed by atoms with Gasteiger partial charge >= 0.3 is 5.97 Å². The first-order chi connectivity index (χ1) is 9.41. The van der Waals surface area contributed by atoms with Gasteiger partial charge < -0.3 is 19.6 Å². The van der Waals surface area contributed by atoms with E-state index in [0.717, 1.165) is 0 Å². The largest absolute Gasteiger partial charge is 0.480 e. The highest BCUT2D eigenvalue weighted by Gasteiger charge is 2.41. The maximum Gasteiger partial charge on any atom is 0.328 e. The van der Waals surface area contributed by atoms with Crippen molar-refractivity contribution in [2.24, 2.45) is 5.92 Å². The third-order valence-corrected chi connectivity index (χ3v) is 3.83. The quantitative estimate of drug-likeness (QED) is 0.759. The van der Waals surface area contributed by atoms with E-state index >= 15 is 0 Å². The molecule has 0 aromatic carbocycles. The molecule has 2 rings (SSSR count). The lowest BCUT2D eigenvalue weighted by Gasteiger charge is -2.34. The van der Waals surface area contributed by atoms with Crippen molar-refractivity contribution in [3.05, 3.63) is 0 Å². The highest BCUT2D eigenvalue weighted by Crippen LogP contribution is 2.23. The molecule has 0 spiro atoms. The maximum absolute atomic E-state index is 12.5. The fourth-order valence-corrected chi connectivity index (χ4v) is 2.70. The second kappa shape index (κ2) is 5.78. The summed E-state index contributed by atoms with van der Waals surface area (Å²) < 4.78 is 5.11. The lowest BCUT2D eigenvalue weighted by atomic mass is 10.1. The van der Waals surface area contributed by atoms with Crippen LogP contribution in [-0.4, -0.2) is 71.1 Å². The molecular weight excluding hydrogens is 264 g/mol. The van der Waals surface area contributed by atoms with Crippen molar-refractivity contribution in [2.75, 3.05) is 26.3 Å². The molecule has 2 saturated heterocycles. The predicted molar refractivity (Wildman–Crippen MR) is 68.9 cm³/mol. The Kier molecular flexibility index (Phi) is 4.27. The third-order valence-electron chi connectivity index (χ3n) is 3.83. The first kappa shape index (κ1) is 14.8. The molecule has 7 nitrogen and oxygen atoms in total. The molecule has 2 heterocycles. The summed E-state index contributed by atoms with van der Waals surface area (Å²) in [6.45, 7) is 4.79. The summed E-state index contributed by atoms with van der Waals surface area (Å²) in [4.78, 5) is 38.5. The molecule has 0 radical (unpaired) electrons. The molecule has 0 aromatic rings. The molecule has 7 heteroatoms. The zero-order valence-electron chi connectivity index (χ0n) is 11.7. The van der Waals surface area contributed by atoms with E-state index in [2.05, 4.69) is 0 Å². The highest BCUT2D eigenvalue weighted by atomic mass is 16.5. The third kappa shape index (κ3) is 2.77. The minimum atomic E-state index is -1.07. The first-order valence-corrected chi connectivity index (χ1v) is 6.82. The van der Waals surface area contributed by atoms with Gasteiger partial charge in [0.15, 0.2) is 6.04 Å². The number of amides is 2. The molecule has 0 aromatic heterocycles. The van der Waals surface area contributed by atoms with Crippen LogP contribution < -0.4 is 0 Å². The second-order valence-electron chi connectivity index (χ2n) is 5.50. The fraction of sp³-hybridized carbons (Fsp3) is 0.769. The van der Waals surface area contributed by atoms with Crippen molar-refractivity contribution >= 4 is 17.8 Å². The summed E-state index contributed by atoms with van der Waals surface area (Å²) in [5.74, 6) is -1.80. The molecule has 0 saturated carbocycles. The number of carboxylic acid groups (broad SMARTS) is 1. The molecule has 0 unspecified atom stereocenters. The molecule has 2 aliphatic rings. The van der Waals surface area contributed by atoms with E-state index in [4.69, 9.17) is 9.84 Å². The van der Waals surface area contributed by atoms with E-state index in [1.165, 1.54) is 4.90 Å². The molecule has 2 fully saturated rings. The van der Waals surface area contributed by atoms with Crippen LogP contribution in [0.1, 0.15) is 20.3 Å². The van der Waals surface area contributed by atoms with Crippen LogP contribution in [0.15, 0.2) is 0 Å². The highest BCUT2D eigenvalue weighted by molar-refractivity contribution is 5.91. The molecule has 0 bridgehead atoms. The van der Waals surface area contributed by atoms with E-state index in [1.54, 1.807) is 4.90 Å². The van der Waals surface area contributed by atoms with E-state index in [-0.39, 0.29) is 37.4 Å². The van der Waals surface area contributed by atoms with Crippen molar-refractivity contribution in [3.8, 4) is 0 Å². The number of aliphatic carboxylic acids is 1. The predicted octanol–water partition coefficient (Wildman–Crippen LogP) is -0.445. The van der Waals surface area contributed by atoms with Gasteiger partial charge in [0.25, 0.3) is 0 Å². The Morgan fingerprint density at radius 2 is 2.10 bits per heavy atom. The standard InChI is InChI=1S/C13H20N2O5/c1-8(2)15-6-9(5-11(15)16)12(17)14-3-4-20-7-10(14)13(18)19/h8-10H,3-7H2,1-2H3,(H,18,19)/t9-,10-/m0/s1. The van der Waals surface area contributed by atoms with Crippen LogP contribution in [0.5, 0.6) is 0 Å². The Balaban J connectivity index is 2.07. The van der Waals surface area contributed by atoms with Gasteiger partial charge in [0.2, 0.25) is 11.8 Å². The van der Waals surface area contributed by atoms with Crippen molar-refractivity contribution in [2.45, 2.75) is 32.4 Å². The smallest absolute Gasteiger partial charge is 0.328 e. The van der Waals surface area contributed by atoms with E-state index in [0.29, 0.717) is 13.2 Å². The number of nitrogens with zero attached hydrogens (tertiary/aromatic N) is 2. The number of morpholine rings is 1. The van der Waals surface area contributed by atoms with Crippen molar-refractivity contribution < 1.29 is 24.2 Å². The summed E-state index contributed by atoms with van der Waals surface area (Å²) >= 11 is 0. The normalized spacial score (nSPS) is 27.2. The van der Waals surface area contributed by atoms with Gasteiger partial charge in [0.1, 0.15) is 0 Å². The Morgan fingerprint density at radius 3 is 2.65 bits per heavy atom. The lowest BCUT2D eigenvalue weighted by molar-refractivity contribution is -0.160. The van der Waals surface area contributed by atoms with E-state index in [9.17, 15) is 14.4 Å². The maximum atomic E-state index is 12.5. The van der Waals surface area contributed by atoms with Gasteiger partial charge in [-0.15, -0.1) is 0 Å². The molecule has 1 N–H and O–H groups in total. The van der Waals surface area contributed by atoms with Gasteiger partial charge in [0, 0.05) is 25.6 Å². The molecular formula is C13H20N2O5. The molecule has 2 aliphatic heterocycles. The fourth-order valence-electron chi connectivity index (χ4n) is 2.70. The number of hydrogen-bond donors (Lipinski definition) is 1. The van der Waals surface area contributed by atoms with Gasteiger partial charge in [-0.3, -0.25) is 9.59 Å². The topological polar surface area (TPSA) is 87.2 Å². The number of hydrogen-bond acceptors (Lipinski definition) is 4. The van der Waals surface area contributed by atoms with Gasteiger partial charge in [-0.25, -0.2) is 4.79 Å². The molecule has 20 heavy (non-hydrogen) atoms.